The second-order valence-electron chi connectivity index (χ2n) is 3.93. The van der Waals surface area contributed by atoms with E-state index < -0.39 is 20.7 Å². The Balaban J connectivity index is 4.29. The molecular formula is C12H22O6Si. The predicted molar refractivity (Wildman–Crippen MR) is 71.4 cm³/mol. The van der Waals surface area contributed by atoms with Gasteiger partial charge in [0, 0.05) is 32.3 Å². The normalized spacial score (nSPS) is 13.5. The molecule has 0 aliphatic rings. The maximum absolute atomic E-state index is 11.2. The summed E-state index contributed by atoms with van der Waals surface area (Å²) in [6.45, 7) is 8.76. The van der Waals surface area contributed by atoms with Crippen molar-refractivity contribution in [3.8, 4) is 0 Å². The Morgan fingerprint density at radius 1 is 1.26 bits per heavy atom. The molecule has 0 saturated heterocycles. The second-order valence-corrected chi connectivity index (χ2v) is 6.70. The predicted octanol–water partition coefficient (Wildman–Crippen LogP) is 1.68. The van der Waals surface area contributed by atoms with Crippen LogP contribution in [0.2, 0.25) is 6.04 Å². The average Bonchev–Trinajstić information content (AvgIpc) is 2.33. The van der Waals surface area contributed by atoms with Crippen molar-refractivity contribution in [2.45, 2.75) is 33.2 Å². The molecule has 1 unspecified atom stereocenters. The summed E-state index contributed by atoms with van der Waals surface area (Å²) in [5, 5.41) is 0. The average molecular weight is 290 g/mol. The number of hydrogen-bond acceptors (Lipinski definition) is 6. The van der Waals surface area contributed by atoms with Gasteiger partial charge in [-0.15, -0.1) is 0 Å². The molecule has 0 aromatic carbocycles. The van der Waals surface area contributed by atoms with Crippen LogP contribution >= 0.6 is 0 Å². The van der Waals surface area contributed by atoms with Crippen molar-refractivity contribution in [3.05, 3.63) is 12.2 Å². The van der Waals surface area contributed by atoms with Crippen LogP contribution in [0.3, 0.4) is 0 Å². The van der Waals surface area contributed by atoms with Crippen LogP contribution in [0.4, 0.5) is 0 Å². The quantitative estimate of drug-likeness (QED) is 0.278. The minimum Gasteiger partial charge on any atom is -0.473 e. The van der Waals surface area contributed by atoms with Gasteiger partial charge in [-0.2, -0.15) is 0 Å². The Hall–Kier alpha value is -1.18. The summed E-state index contributed by atoms with van der Waals surface area (Å²) in [4.78, 5) is 22.3. The van der Waals surface area contributed by atoms with Gasteiger partial charge in [0.1, 0.15) is 0 Å². The van der Waals surface area contributed by atoms with Crippen LogP contribution in [0.1, 0.15) is 27.2 Å². The molecule has 0 fully saturated rings. The van der Waals surface area contributed by atoms with Crippen molar-refractivity contribution in [1.82, 2.24) is 0 Å². The van der Waals surface area contributed by atoms with Crippen molar-refractivity contribution >= 4 is 20.7 Å². The lowest BCUT2D eigenvalue weighted by molar-refractivity contribution is -0.140. The topological polar surface area (TPSA) is 71.1 Å². The molecule has 6 nitrogen and oxygen atoms in total. The van der Waals surface area contributed by atoms with Crippen LogP contribution in [0.25, 0.3) is 0 Å². The van der Waals surface area contributed by atoms with Gasteiger partial charge in [-0.1, -0.05) is 6.58 Å². The van der Waals surface area contributed by atoms with E-state index in [-0.39, 0.29) is 6.61 Å². The van der Waals surface area contributed by atoms with Crippen LogP contribution in [0.5, 0.6) is 0 Å². The molecule has 0 aromatic rings. The monoisotopic (exact) mass is 290 g/mol. The zero-order valence-corrected chi connectivity index (χ0v) is 13.0. The molecular weight excluding hydrogens is 268 g/mol. The first-order valence-electron chi connectivity index (χ1n) is 6.08. The fraction of sp³-hybridized carbons (Fsp3) is 0.667. The highest BCUT2D eigenvalue weighted by molar-refractivity contribution is 6.62. The van der Waals surface area contributed by atoms with Gasteiger partial charge in [0.25, 0.3) is 5.97 Å². The van der Waals surface area contributed by atoms with Crippen LogP contribution in [0.15, 0.2) is 12.2 Å². The van der Waals surface area contributed by atoms with E-state index in [1.54, 1.807) is 13.8 Å². The van der Waals surface area contributed by atoms with E-state index >= 15 is 0 Å². The van der Waals surface area contributed by atoms with E-state index in [4.69, 9.17) is 18.0 Å². The Labute approximate surface area is 115 Å². The highest BCUT2D eigenvalue weighted by Crippen LogP contribution is 2.17. The second kappa shape index (κ2) is 8.84. The van der Waals surface area contributed by atoms with E-state index in [9.17, 15) is 9.59 Å². The number of esters is 1. The zero-order chi connectivity index (χ0) is 14.9. The Bertz CT molecular complexity index is 330. The Kier molecular flexibility index (Phi) is 8.29. The van der Waals surface area contributed by atoms with Gasteiger partial charge in [0.15, 0.2) is 0 Å². The van der Waals surface area contributed by atoms with Crippen molar-refractivity contribution in [1.29, 1.82) is 0 Å². The van der Waals surface area contributed by atoms with Crippen molar-refractivity contribution in [2.24, 2.45) is 0 Å². The van der Waals surface area contributed by atoms with E-state index in [1.165, 1.54) is 14.0 Å². The number of carbonyl (C=O) groups excluding carboxylic acids is 2. The van der Waals surface area contributed by atoms with Gasteiger partial charge in [-0.25, -0.2) is 4.79 Å². The first-order chi connectivity index (χ1) is 8.87. The lowest BCUT2D eigenvalue weighted by Crippen LogP contribution is -2.46. The van der Waals surface area contributed by atoms with Crippen LogP contribution in [0, 0.1) is 0 Å². The summed E-state index contributed by atoms with van der Waals surface area (Å²) < 4.78 is 20.9. The summed E-state index contributed by atoms with van der Waals surface area (Å²) in [6.07, 6.45) is 0.492. The van der Waals surface area contributed by atoms with Crippen LogP contribution < -0.4 is 0 Å². The summed E-state index contributed by atoms with van der Waals surface area (Å²) >= 11 is 0. The molecule has 0 aromatic heterocycles. The largest absolute Gasteiger partial charge is 0.567 e. The summed E-state index contributed by atoms with van der Waals surface area (Å²) in [5.74, 6) is -0.880. The fourth-order valence-electron chi connectivity index (χ4n) is 1.37. The summed E-state index contributed by atoms with van der Waals surface area (Å²) in [5.41, 5.74) is 0.347. The maximum atomic E-state index is 11.2. The van der Waals surface area contributed by atoms with Gasteiger partial charge in [0.05, 0.1) is 6.61 Å². The van der Waals surface area contributed by atoms with Crippen molar-refractivity contribution < 1.29 is 27.6 Å². The number of rotatable bonds is 9. The van der Waals surface area contributed by atoms with E-state index in [2.05, 4.69) is 6.58 Å². The molecule has 0 rings (SSSR count). The van der Waals surface area contributed by atoms with Crippen molar-refractivity contribution in [3.63, 3.8) is 0 Å². The molecule has 0 aliphatic carbocycles. The SMILES string of the molecule is C=C(C)C(=O)OCCC[Si](OC)(OCC)OC(C)=O. The molecule has 110 valence electrons. The Morgan fingerprint density at radius 2 is 1.89 bits per heavy atom. The first kappa shape index (κ1) is 17.8. The van der Waals surface area contributed by atoms with Gasteiger partial charge in [0.2, 0.25) is 0 Å². The number of ether oxygens (including phenoxy) is 1. The Morgan fingerprint density at radius 3 is 2.32 bits per heavy atom. The molecule has 0 radical (unpaired) electrons. The van der Waals surface area contributed by atoms with E-state index in [1.807, 2.05) is 0 Å². The first-order valence-corrected chi connectivity index (χ1v) is 8.01. The third-order valence-corrected chi connectivity index (χ3v) is 5.10. The lowest BCUT2D eigenvalue weighted by Gasteiger charge is -2.26. The molecule has 0 spiro atoms. The molecule has 7 heteroatoms. The van der Waals surface area contributed by atoms with E-state index in [0.717, 1.165) is 0 Å². The molecule has 1 atom stereocenters. The van der Waals surface area contributed by atoms with Gasteiger partial charge >= 0.3 is 14.8 Å². The molecule has 0 N–H and O–H groups in total. The summed E-state index contributed by atoms with van der Waals surface area (Å²) in [7, 11) is -1.55. The minimum absolute atomic E-state index is 0.206. The standard InChI is InChI=1S/C12H22O6Si/c1-6-17-19(15-5,18-11(4)13)9-7-8-16-12(14)10(2)3/h2,6-9H2,1,3-5H3. The fourth-order valence-corrected chi connectivity index (χ4v) is 3.54. The van der Waals surface area contributed by atoms with Gasteiger partial charge in [-0.05, 0) is 20.3 Å². The summed E-state index contributed by atoms with van der Waals surface area (Å²) in [6, 6.07) is 0.403. The number of carbonyl (C=O) groups is 2. The van der Waals surface area contributed by atoms with Gasteiger partial charge in [-0.3, -0.25) is 4.79 Å². The highest BCUT2D eigenvalue weighted by Gasteiger charge is 2.42. The zero-order valence-electron chi connectivity index (χ0n) is 12.0. The third-order valence-electron chi connectivity index (χ3n) is 2.18. The molecule has 0 aliphatic heterocycles. The molecule has 0 bridgehead atoms. The molecule has 0 saturated carbocycles. The molecule has 0 heterocycles. The van der Waals surface area contributed by atoms with Crippen LogP contribution in [-0.2, 0) is 27.6 Å². The lowest BCUT2D eigenvalue weighted by atomic mass is 10.4. The number of hydrogen-bond donors (Lipinski definition) is 0. The van der Waals surface area contributed by atoms with Crippen LogP contribution in [-0.4, -0.2) is 41.1 Å². The maximum Gasteiger partial charge on any atom is 0.567 e. The molecule has 0 amide bonds. The van der Waals surface area contributed by atoms with Crippen molar-refractivity contribution in [2.75, 3.05) is 20.3 Å². The molecule has 19 heavy (non-hydrogen) atoms. The minimum atomic E-state index is -3.00. The third kappa shape index (κ3) is 7.09. The smallest absolute Gasteiger partial charge is 0.473 e. The van der Waals surface area contributed by atoms with E-state index in [0.29, 0.717) is 24.6 Å². The highest BCUT2D eigenvalue weighted by atomic mass is 28.4. The van der Waals surface area contributed by atoms with Gasteiger partial charge < -0.3 is 18.0 Å².